The lowest BCUT2D eigenvalue weighted by Crippen LogP contribution is -2.07. The van der Waals surface area contributed by atoms with Crippen molar-refractivity contribution in [2.24, 2.45) is 5.92 Å². The molecular weight excluding hydrogens is 259 g/mol. The third-order valence-corrected chi connectivity index (χ3v) is 3.41. The number of allylic oxidation sites excluding steroid dienone is 1. The zero-order chi connectivity index (χ0) is 8.39. The topological polar surface area (TPSA) is 0 Å². The van der Waals surface area contributed by atoms with Crippen LogP contribution in [0.5, 0.6) is 0 Å². The van der Waals surface area contributed by atoms with E-state index in [2.05, 4.69) is 59.0 Å². The number of benzene rings is 1. The molecule has 1 atom stereocenters. The highest BCUT2D eigenvalue weighted by atomic mass is 127. The number of alkyl halides is 1. The molecular formula is C11H11I. The van der Waals surface area contributed by atoms with E-state index in [0.717, 1.165) is 5.92 Å². The maximum Gasteiger partial charge on any atom is 0.00616 e. The van der Waals surface area contributed by atoms with Crippen LogP contribution in [0, 0.1) is 5.92 Å². The second-order valence-corrected chi connectivity index (χ2v) is 4.06. The number of hydrogen-bond donors (Lipinski definition) is 0. The lowest BCUT2D eigenvalue weighted by Gasteiger charge is -2.16. The van der Waals surface area contributed by atoms with Gasteiger partial charge >= 0.3 is 0 Å². The molecule has 62 valence electrons. The maximum atomic E-state index is 2.45. The molecule has 0 radical (unpaired) electrons. The van der Waals surface area contributed by atoms with E-state index in [1.165, 1.54) is 22.0 Å². The molecule has 0 saturated carbocycles. The van der Waals surface area contributed by atoms with Crippen LogP contribution < -0.4 is 0 Å². The minimum absolute atomic E-state index is 0.750. The normalized spacial score (nSPS) is 20.6. The molecule has 0 aromatic heterocycles. The first-order valence-corrected chi connectivity index (χ1v) is 5.75. The number of halogens is 1. The molecule has 1 aromatic rings. The molecule has 0 fully saturated rings. The summed E-state index contributed by atoms with van der Waals surface area (Å²) in [6.45, 7) is 0. The molecule has 0 N–H and O–H groups in total. The first-order chi connectivity index (χ1) is 5.90. The van der Waals surface area contributed by atoms with Crippen LogP contribution in [-0.4, -0.2) is 4.43 Å². The minimum Gasteiger partial charge on any atom is -0.0857 e. The average molecular weight is 270 g/mol. The summed E-state index contributed by atoms with van der Waals surface area (Å²) >= 11 is 2.45. The highest BCUT2D eigenvalue weighted by Crippen LogP contribution is 2.23. The fourth-order valence-electron chi connectivity index (χ4n) is 1.58. The minimum atomic E-state index is 0.750. The van der Waals surface area contributed by atoms with Gasteiger partial charge in [-0.05, 0) is 23.5 Å². The summed E-state index contributed by atoms with van der Waals surface area (Å²) in [6.07, 6.45) is 5.80. The van der Waals surface area contributed by atoms with Crippen LogP contribution in [0.3, 0.4) is 0 Å². The van der Waals surface area contributed by atoms with E-state index in [0.29, 0.717) is 0 Å². The van der Waals surface area contributed by atoms with Crippen LogP contribution in [0.1, 0.15) is 11.1 Å². The van der Waals surface area contributed by atoms with Gasteiger partial charge in [-0.25, -0.2) is 0 Å². The first-order valence-electron chi connectivity index (χ1n) is 4.22. The molecule has 2 rings (SSSR count). The Morgan fingerprint density at radius 1 is 1.33 bits per heavy atom. The molecule has 0 saturated heterocycles. The van der Waals surface area contributed by atoms with Gasteiger partial charge in [0.25, 0.3) is 0 Å². The van der Waals surface area contributed by atoms with Crippen molar-refractivity contribution in [3.63, 3.8) is 0 Å². The summed E-state index contributed by atoms with van der Waals surface area (Å²) < 4.78 is 1.22. The van der Waals surface area contributed by atoms with Crippen molar-refractivity contribution < 1.29 is 0 Å². The second-order valence-electron chi connectivity index (χ2n) is 3.18. The summed E-state index contributed by atoms with van der Waals surface area (Å²) in [7, 11) is 0. The van der Waals surface area contributed by atoms with Crippen molar-refractivity contribution in [3.05, 3.63) is 41.5 Å². The van der Waals surface area contributed by atoms with Crippen LogP contribution in [0.2, 0.25) is 0 Å². The highest BCUT2D eigenvalue weighted by Gasteiger charge is 2.10. The smallest absolute Gasteiger partial charge is 0.00616 e. The predicted octanol–water partition coefficient (Wildman–Crippen LogP) is 3.31. The summed E-state index contributed by atoms with van der Waals surface area (Å²) in [5.74, 6) is 0.750. The van der Waals surface area contributed by atoms with Crippen molar-refractivity contribution >= 4 is 28.7 Å². The van der Waals surface area contributed by atoms with Crippen LogP contribution in [-0.2, 0) is 6.42 Å². The molecule has 0 spiro atoms. The molecule has 1 aliphatic rings. The monoisotopic (exact) mass is 270 g/mol. The van der Waals surface area contributed by atoms with E-state index in [1.54, 1.807) is 0 Å². The van der Waals surface area contributed by atoms with Gasteiger partial charge < -0.3 is 0 Å². The zero-order valence-corrected chi connectivity index (χ0v) is 8.99. The van der Waals surface area contributed by atoms with Crippen LogP contribution in [0.15, 0.2) is 30.3 Å². The average Bonchev–Trinajstić information content (AvgIpc) is 2.17. The summed E-state index contributed by atoms with van der Waals surface area (Å²) in [5.41, 5.74) is 2.90. The quantitative estimate of drug-likeness (QED) is 0.542. The van der Waals surface area contributed by atoms with Gasteiger partial charge in [0.05, 0.1) is 0 Å². The van der Waals surface area contributed by atoms with Crippen molar-refractivity contribution in [1.29, 1.82) is 0 Å². The summed E-state index contributed by atoms with van der Waals surface area (Å²) in [5, 5.41) is 0. The molecule has 0 aliphatic heterocycles. The standard InChI is InChI=1S/C11H11I/c12-8-9-5-6-10-3-1-2-4-11(10)7-9/h1-6,9H,7-8H2/t9-/m1/s1. The Kier molecular flexibility index (Phi) is 2.49. The Bertz CT molecular complexity index is 302. The van der Waals surface area contributed by atoms with E-state index in [-0.39, 0.29) is 0 Å². The first kappa shape index (κ1) is 8.30. The molecule has 0 bridgehead atoms. The number of fused-ring (bicyclic) bond motifs is 1. The highest BCUT2D eigenvalue weighted by molar-refractivity contribution is 14.1. The van der Waals surface area contributed by atoms with E-state index in [1.807, 2.05) is 0 Å². The van der Waals surface area contributed by atoms with Crippen molar-refractivity contribution in [2.45, 2.75) is 6.42 Å². The third kappa shape index (κ3) is 1.56. The van der Waals surface area contributed by atoms with Gasteiger partial charge in [0.2, 0.25) is 0 Å². The van der Waals surface area contributed by atoms with Gasteiger partial charge in [0.15, 0.2) is 0 Å². The molecule has 0 amide bonds. The number of rotatable bonds is 1. The fourth-order valence-corrected chi connectivity index (χ4v) is 2.18. The van der Waals surface area contributed by atoms with Gasteiger partial charge in [-0.3, -0.25) is 0 Å². The van der Waals surface area contributed by atoms with E-state index in [9.17, 15) is 0 Å². The Hall–Kier alpha value is -0.310. The molecule has 1 aromatic carbocycles. The van der Waals surface area contributed by atoms with Crippen LogP contribution >= 0.6 is 22.6 Å². The van der Waals surface area contributed by atoms with Gasteiger partial charge in [0.1, 0.15) is 0 Å². The van der Waals surface area contributed by atoms with E-state index < -0.39 is 0 Å². The van der Waals surface area contributed by atoms with Crippen molar-refractivity contribution in [3.8, 4) is 0 Å². The molecule has 1 heteroatoms. The third-order valence-electron chi connectivity index (χ3n) is 2.28. The Labute approximate surface area is 86.8 Å². The second kappa shape index (κ2) is 3.60. The Morgan fingerprint density at radius 2 is 2.17 bits per heavy atom. The van der Waals surface area contributed by atoms with E-state index >= 15 is 0 Å². The predicted molar refractivity (Wildman–Crippen MR) is 61.6 cm³/mol. The lowest BCUT2D eigenvalue weighted by atomic mass is 9.91. The van der Waals surface area contributed by atoms with Gasteiger partial charge in [-0.1, -0.05) is 59.0 Å². The van der Waals surface area contributed by atoms with Gasteiger partial charge in [-0.15, -0.1) is 0 Å². The largest absolute Gasteiger partial charge is 0.0857 e. The molecule has 12 heavy (non-hydrogen) atoms. The molecule has 0 unspecified atom stereocenters. The van der Waals surface area contributed by atoms with E-state index in [4.69, 9.17) is 0 Å². The van der Waals surface area contributed by atoms with Crippen molar-refractivity contribution in [2.75, 3.05) is 4.43 Å². The van der Waals surface area contributed by atoms with Crippen LogP contribution in [0.4, 0.5) is 0 Å². The number of hydrogen-bond acceptors (Lipinski definition) is 0. The maximum absolute atomic E-state index is 2.45. The fraction of sp³-hybridized carbons (Fsp3) is 0.273. The Morgan fingerprint density at radius 3 is 3.00 bits per heavy atom. The summed E-state index contributed by atoms with van der Waals surface area (Å²) in [6, 6.07) is 8.66. The molecule has 0 nitrogen and oxygen atoms in total. The molecule has 0 heterocycles. The van der Waals surface area contributed by atoms with Crippen LogP contribution in [0.25, 0.3) is 6.08 Å². The summed E-state index contributed by atoms with van der Waals surface area (Å²) in [4.78, 5) is 0. The van der Waals surface area contributed by atoms with Gasteiger partial charge in [-0.2, -0.15) is 0 Å². The SMILES string of the molecule is IC[C@@H]1C=Cc2ccccc2C1. The van der Waals surface area contributed by atoms with Crippen molar-refractivity contribution in [1.82, 2.24) is 0 Å². The Balaban J connectivity index is 2.33. The lowest BCUT2D eigenvalue weighted by molar-refractivity contribution is 0.739. The molecule has 1 aliphatic carbocycles. The zero-order valence-electron chi connectivity index (χ0n) is 6.83. The van der Waals surface area contributed by atoms with Gasteiger partial charge in [0, 0.05) is 4.43 Å².